The zero-order valence-electron chi connectivity index (χ0n) is 12.5. The van der Waals surface area contributed by atoms with E-state index >= 15 is 0 Å². The molecule has 0 saturated carbocycles. The Labute approximate surface area is 133 Å². The first-order valence-corrected chi connectivity index (χ1v) is 7.59. The SMILES string of the molecule is C=C(NC)c1ccsc1NC(=O)c1ccnc(CC(C)=O)c1. The second-order valence-corrected chi connectivity index (χ2v) is 5.68. The number of hydrogen-bond acceptors (Lipinski definition) is 5. The monoisotopic (exact) mass is 315 g/mol. The highest BCUT2D eigenvalue weighted by Crippen LogP contribution is 2.28. The number of Topliss-reactive ketones (excluding diaryl/α,β-unsaturated/α-hetero) is 1. The van der Waals surface area contributed by atoms with Crippen molar-refractivity contribution in [2.45, 2.75) is 13.3 Å². The summed E-state index contributed by atoms with van der Waals surface area (Å²) in [7, 11) is 1.78. The van der Waals surface area contributed by atoms with E-state index in [2.05, 4.69) is 22.2 Å². The lowest BCUT2D eigenvalue weighted by Crippen LogP contribution is -2.14. The van der Waals surface area contributed by atoms with E-state index in [0.717, 1.165) is 16.3 Å². The molecule has 0 aliphatic carbocycles. The Morgan fingerprint density at radius 1 is 1.36 bits per heavy atom. The molecule has 0 saturated heterocycles. The first-order valence-electron chi connectivity index (χ1n) is 6.71. The van der Waals surface area contributed by atoms with Gasteiger partial charge in [0.1, 0.15) is 10.8 Å². The lowest BCUT2D eigenvalue weighted by atomic mass is 10.1. The summed E-state index contributed by atoms with van der Waals surface area (Å²) in [4.78, 5) is 27.6. The second-order valence-electron chi connectivity index (χ2n) is 4.76. The largest absolute Gasteiger partial charge is 0.388 e. The van der Waals surface area contributed by atoms with E-state index in [1.54, 1.807) is 19.2 Å². The summed E-state index contributed by atoms with van der Waals surface area (Å²) in [6, 6.07) is 5.16. The Hall–Kier alpha value is -2.47. The number of ketones is 1. The maximum atomic E-state index is 12.3. The van der Waals surface area contributed by atoms with E-state index in [1.807, 2.05) is 11.4 Å². The van der Waals surface area contributed by atoms with Gasteiger partial charge in [0.15, 0.2) is 0 Å². The number of aromatic nitrogens is 1. The van der Waals surface area contributed by atoms with E-state index in [9.17, 15) is 9.59 Å². The van der Waals surface area contributed by atoms with Gasteiger partial charge >= 0.3 is 0 Å². The molecule has 2 aromatic heterocycles. The van der Waals surface area contributed by atoms with Crippen molar-refractivity contribution in [2.24, 2.45) is 0 Å². The number of carbonyl (C=O) groups excluding carboxylic acids is 2. The number of carbonyl (C=O) groups is 2. The van der Waals surface area contributed by atoms with Crippen molar-refractivity contribution in [1.29, 1.82) is 0 Å². The van der Waals surface area contributed by atoms with Crippen LogP contribution < -0.4 is 10.6 Å². The Kier molecular flexibility index (Phi) is 5.06. The van der Waals surface area contributed by atoms with E-state index < -0.39 is 0 Å². The molecule has 0 bridgehead atoms. The van der Waals surface area contributed by atoms with Crippen molar-refractivity contribution in [3.05, 3.63) is 53.2 Å². The van der Waals surface area contributed by atoms with Crippen LogP contribution in [0.5, 0.6) is 0 Å². The summed E-state index contributed by atoms with van der Waals surface area (Å²) < 4.78 is 0. The first-order chi connectivity index (χ1) is 10.5. The summed E-state index contributed by atoms with van der Waals surface area (Å²) in [6.45, 7) is 5.40. The van der Waals surface area contributed by atoms with Crippen molar-refractivity contribution in [3.63, 3.8) is 0 Å². The zero-order valence-corrected chi connectivity index (χ0v) is 13.3. The predicted molar refractivity (Wildman–Crippen MR) is 89.0 cm³/mol. The lowest BCUT2D eigenvalue weighted by Gasteiger charge is -2.09. The molecule has 0 aliphatic rings. The van der Waals surface area contributed by atoms with Crippen LogP contribution in [0.1, 0.15) is 28.5 Å². The number of nitrogens with one attached hydrogen (secondary N) is 2. The molecule has 2 rings (SSSR count). The van der Waals surface area contributed by atoms with Gasteiger partial charge in [0.25, 0.3) is 5.91 Å². The molecule has 0 fully saturated rings. The average Bonchev–Trinajstić information content (AvgIpc) is 2.94. The highest BCUT2D eigenvalue weighted by atomic mass is 32.1. The van der Waals surface area contributed by atoms with Gasteiger partial charge in [-0.3, -0.25) is 14.6 Å². The van der Waals surface area contributed by atoms with Gasteiger partial charge in [0, 0.05) is 42.2 Å². The molecular formula is C16H17N3O2S. The molecule has 1 amide bonds. The molecular weight excluding hydrogens is 298 g/mol. The molecule has 6 heteroatoms. The van der Waals surface area contributed by atoms with Crippen LogP contribution >= 0.6 is 11.3 Å². The van der Waals surface area contributed by atoms with Crippen molar-refractivity contribution in [2.75, 3.05) is 12.4 Å². The number of thiophene rings is 1. The maximum Gasteiger partial charge on any atom is 0.256 e. The van der Waals surface area contributed by atoms with Gasteiger partial charge in [0.05, 0.1) is 0 Å². The van der Waals surface area contributed by atoms with Crippen LogP contribution in [-0.2, 0) is 11.2 Å². The van der Waals surface area contributed by atoms with Crippen molar-refractivity contribution in [3.8, 4) is 0 Å². The maximum absolute atomic E-state index is 12.3. The topological polar surface area (TPSA) is 71.1 Å². The molecule has 0 unspecified atom stereocenters. The molecule has 22 heavy (non-hydrogen) atoms. The number of amides is 1. The standard InChI is InChI=1S/C16H17N3O2S/c1-10(20)8-13-9-12(4-6-18-13)15(21)19-16-14(5-7-22-16)11(2)17-3/h4-7,9,17H,2,8H2,1,3H3,(H,19,21). The third-order valence-corrected chi connectivity index (χ3v) is 3.86. The van der Waals surface area contributed by atoms with Gasteiger partial charge in [-0.1, -0.05) is 6.58 Å². The quantitative estimate of drug-likeness (QED) is 0.860. The van der Waals surface area contributed by atoms with Crippen molar-refractivity contribution in [1.82, 2.24) is 10.3 Å². The van der Waals surface area contributed by atoms with Crippen LogP contribution in [0, 0.1) is 0 Å². The fourth-order valence-electron chi connectivity index (χ4n) is 1.92. The fraction of sp³-hybridized carbons (Fsp3) is 0.188. The van der Waals surface area contributed by atoms with E-state index in [-0.39, 0.29) is 18.1 Å². The zero-order chi connectivity index (χ0) is 16.1. The summed E-state index contributed by atoms with van der Waals surface area (Å²) in [5, 5.41) is 8.45. The second kappa shape index (κ2) is 7.00. The Morgan fingerprint density at radius 3 is 2.82 bits per heavy atom. The van der Waals surface area contributed by atoms with E-state index in [1.165, 1.54) is 24.5 Å². The van der Waals surface area contributed by atoms with Crippen LogP contribution in [0.4, 0.5) is 5.00 Å². The lowest BCUT2D eigenvalue weighted by molar-refractivity contribution is -0.116. The summed E-state index contributed by atoms with van der Waals surface area (Å²) in [5.74, 6) is -0.226. The molecule has 2 N–H and O–H groups in total. The van der Waals surface area contributed by atoms with Crippen molar-refractivity contribution < 1.29 is 9.59 Å². The third-order valence-electron chi connectivity index (χ3n) is 3.03. The predicted octanol–water partition coefficient (Wildman–Crippen LogP) is 2.72. The molecule has 0 aromatic carbocycles. The number of nitrogens with zero attached hydrogens (tertiary/aromatic N) is 1. The number of pyridine rings is 1. The number of anilines is 1. The van der Waals surface area contributed by atoms with Gasteiger partial charge in [-0.25, -0.2) is 0 Å². The minimum absolute atomic E-state index is 0.0101. The molecule has 5 nitrogen and oxygen atoms in total. The van der Waals surface area contributed by atoms with Gasteiger partial charge in [0.2, 0.25) is 0 Å². The highest BCUT2D eigenvalue weighted by Gasteiger charge is 2.13. The highest BCUT2D eigenvalue weighted by molar-refractivity contribution is 7.14. The summed E-state index contributed by atoms with van der Waals surface area (Å²) in [6.07, 6.45) is 1.76. The van der Waals surface area contributed by atoms with Crippen LogP contribution in [0.25, 0.3) is 5.70 Å². The fourth-order valence-corrected chi connectivity index (χ4v) is 2.73. The molecule has 0 spiro atoms. The minimum atomic E-state index is -0.236. The average molecular weight is 315 g/mol. The summed E-state index contributed by atoms with van der Waals surface area (Å²) >= 11 is 1.43. The molecule has 0 atom stereocenters. The Balaban J connectivity index is 2.18. The van der Waals surface area contributed by atoms with E-state index in [0.29, 0.717) is 11.3 Å². The Bertz CT molecular complexity index is 722. The Morgan fingerprint density at radius 2 is 2.14 bits per heavy atom. The van der Waals surface area contributed by atoms with Gasteiger partial charge < -0.3 is 10.6 Å². The van der Waals surface area contributed by atoms with Crippen LogP contribution in [-0.4, -0.2) is 23.7 Å². The van der Waals surface area contributed by atoms with Crippen LogP contribution in [0.15, 0.2) is 36.4 Å². The first kappa shape index (κ1) is 15.9. The molecule has 0 radical (unpaired) electrons. The molecule has 0 aliphatic heterocycles. The minimum Gasteiger partial charge on any atom is -0.388 e. The number of rotatable bonds is 6. The third kappa shape index (κ3) is 3.79. The van der Waals surface area contributed by atoms with Gasteiger partial charge in [-0.15, -0.1) is 11.3 Å². The van der Waals surface area contributed by atoms with Gasteiger partial charge in [-0.05, 0) is 30.5 Å². The number of hydrogen-bond donors (Lipinski definition) is 2. The molecule has 2 heterocycles. The van der Waals surface area contributed by atoms with Crippen molar-refractivity contribution >= 4 is 33.7 Å². The van der Waals surface area contributed by atoms with Gasteiger partial charge in [-0.2, -0.15) is 0 Å². The van der Waals surface area contributed by atoms with Crippen LogP contribution in [0.3, 0.4) is 0 Å². The molecule has 114 valence electrons. The smallest absolute Gasteiger partial charge is 0.256 e. The van der Waals surface area contributed by atoms with Crippen LogP contribution in [0.2, 0.25) is 0 Å². The summed E-state index contributed by atoms with van der Waals surface area (Å²) in [5.41, 5.74) is 2.66. The molecule has 2 aromatic rings. The van der Waals surface area contributed by atoms with E-state index in [4.69, 9.17) is 0 Å². The normalized spacial score (nSPS) is 10.1.